The van der Waals surface area contributed by atoms with E-state index in [1.165, 1.54) is 0 Å². The first-order valence-electron chi connectivity index (χ1n) is 6.83. The van der Waals surface area contributed by atoms with E-state index in [2.05, 4.69) is 19.9 Å². The number of ketones is 1. The van der Waals surface area contributed by atoms with Crippen LogP contribution in [0, 0.1) is 17.2 Å². The summed E-state index contributed by atoms with van der Waals surface area (Å²) in [7, 11) is 1.60. The maximum absolute atomic E-state index is 12.2. The second-order valence-corrected chi connectivity index (χ2v) is 5.19. The second kappa shape index (κ2) is 8.34. The summed E-state index contributed by atoms with van der Waals surface area (Å²) in [5.41, 5.74) is 0.677. The number of carbonyl (C=O) groups is 1. The van der Waals surface area contributed by atoms with Crippen molar-refractivity contribution >= 4 is 5.78 Å². The van der Waals surface area contributed by atoms with Crippen molar-refractivity contribution in [3.8, 4) is 11.8 Å². The van der Waals surface area contributed by atoms with Crippen LogP contribution in [0.15, 0.2) is 24.3 Å². The molecule has 0 aliphatic heterocycles. The minimum absolute atomic E-state index is 0.0752. The van der Waals surface area contributed by atoms with E-state index >= 15 is 0 Å². The van der Waals surface area contributed by atoms with Gasteiger partial charge in [0.15, 0.2) is 5.78 Å². The molecule has 4 heteroatoms. The Morgan fingerprint density at radius 2 is 2.00 bits per heavy atom. The van der Waals surface area contributed by atoms with Gasteiger partial charge in [-0.05, 0) is 30.2 Å². The predicted octanol–water partition coefficient (Wildman–Crippen LogP) is 2.75. The van der Waals surface area contributed by atoms with Crippen LogP contribution < -0.4 is 4.74 Å². The molecule has 0 saturated heterocycles. The van der Waals surface area contributed by atoms with Gasteiger partial charge in [-0.1, -0.05) is 13.8 Å². The molecule has 0 bridgehead atoms. The van der Waals surface area contributed by atoms with Crippen molar-refractivity contribution in [2.24, 2.45) is 5.92 Å². The van der Waals surface area contributed by atoms with Gasteiger partial charge in [-0.2, -0.15) is 5.26 Å². The summed E-state index contributed by atoms with van der Waals surface area (Å²) in [5.74, 6) is 1.29. The molecule has 0 aliphatic carbocycles. The van der Waals surface area contributed by atoms with Crippen molar-refractivity contribution in [3.05, 3.63) is 29.8 Å². The van der Waals surface area contributed by atoms with Crippen LogP contribution in [0.2, 0.25) is 0 Å². The van der Waals surface area contributed by atoms with Crippen LogP contribution in [0.3, 0.4) is 0 Å². The van der Waals surface area contributed by atoms with Crippen molar-refractivity contribution in [2.75, 3.05) is 26.7 Å². The average Bonchev–Trinajstić information content (AvgIpc) is 2.44. The molecule has 1 aromatic carbocycles. The van der Waals surface area contributed by atoms with Crippen LogP contribution in [0.1, 0.15) is 30.6 Å². The lowest BCUT2D eigenvalue weighted by atomic mass is 10.1. The van der Waals surface area contributed by atoms with Gasteiger partial charge in [-0.25, -0.2) is 0 Å². The third-order valence-corrected chi connectivity index (χ3v) is 2.94. The lowest BCUT2D eigenvalue weighted by Crippen LogP contribution is -2.33. The quantitative estimate of drug-likeness (QED) is 0.684. The SMILES string of the molecule is COc1ccc(C(=O)CN(CCC#N)CC(C)C)cc1. The smallest absolute Gasteiger partial charge is 0.176 e. The number of Topliss-reactive ketones (excluding diaryl/α,β-unsaturated/α-hetero) is 1. The fraction of sp³-hybridized carbons (Fsp3) is 0.500. The van der Waals surface area contributed by atoms with Gasteiger partial charge in [0.2, 0.25) is 0 Å². The van der Waals surface area contributed by atoms with E-state index < -0.39 is 0 Å². The molecule has 0 N–H and O–H groups in total. The molecule has 0 heterocycles. The minimum Gasteiger partial charge on any atom is -0.497 e. The molecule has 0 unspecified atom stereocenters. The molecule has 0 fully saturated rings. The zero-order valence-electron chi connectivity index (χ0n) is 12.4. The monoisotopic (exact) mass is 274 g/mol. The summed E-state index contributed by atoms with van der Waals surface area (Å²) >= 11 is 0. The van der Waals surface area contributed by atoms with E-state index in [9.17, 15) is 4.79 Å². The van der Waals surface area contributed by atoms with E-state index in [0.717, 1.165) is 12.3 Å². The van der Waals surface area contributed by atoms with Crippen LogP contribution in [0.4, 0.5) is 0 Å². The number of benzene rings is 1. The van der Waals surface area contributed by atoms with Crippen molar-refractivity contribution < 1.29 is 9.53 Å². The summed E-state index contributed by atoms with van der Waals surface area (Å²) in [6.07, 6.45) is 0.447. The lowest BCUT2D eigenvalue weighted by Gasteiger charge is -2.22. The Labute approximate surface area is 121 Å². The van der Waals surface area contributed by atoms with Gasteiger partial charge in [0.1, 0.15) is 5.75 Å². The first-order valence-corrected chi connectivity index (χ1v) is 6.83. The van der Waals surface area contributed by atoms with Crippen LogP contribution in [0.5, 0.6) is 5.75 Å². The number of hydrogen-bond acceptors (Lipinski definition) is 4. The molecular formula is C16H22N2O2. The third kappa shape index (κ3) is 5.41. The molecule has 0 amide bonds. The van der Waals surface area contributed by atoms with E-state index in [1.807, 2.05) is 4.90 Å². The van der Waals surface area contributed by atoms with Crippen LogP contribution in [-0.2, 0) is 0 Å². The number of carbonyl (C=O) groups excluding carboxylic acids is 1. The second-order valence-electron chi connectivity index (χ2n) is 5.19. The van der Waals surface area contributed by atoms with E-state index in [1.54, 1.807) is 31.4 Å². The van der Waals surface area contributed by atoms with Crippen molar-refractivity contribution in [2.45, 2.75) is 20.3 Å². The van der Waals surface area contributed by atoms with Gasteiger partial charge >= 0.3 is 0 Å². The largest absolute Gasteiger partial charge is 0.497 e. The molecule has 0 spiro atoms. The molecule has 1 rings (SSSR count). The van der Waals surface area contributed by atoms with Gasteiger partial charge in [0, 0.05) is 25.1 Å². The fourth-order valence-electron chi connectivity index (χ4n) is 2.03. The van der Waals surface area contributed by atoms with Gasteiger partial charge in [-0.15, -0.1) is 0 Å². The van der Waals surface area contributed by atoms with E-state index in [0.29, 0.717) is 31.0 Å². The molecular weight excluding hydrogens is 252 g/mol. The minimum atomic E-state index is 0.0752. The van der Waals surface area contributed by atoms with Crippen LogP contribution in [0.25, 0.3) is 0 Å². The third-order valence-electron chi connectivity index (χ3n) is 2.94. The number of hydrogen-bond donors (Lipinski definition) is 0. The highest BCUT2D eigenvalue weighted by Crippen LogP contribution is 2.12. The van der Waals surface area contributed by atoms with Gasteiger partial charge in [-0.3, -0.25) is 9.69 Å². The maximum atomic E-state index is 12.2. The Balaban J connectivity index is 2.65. The molecule has 108 valence electrons. The molecule has 0 aliphatic rings. The Morgan fingerprint density at radius 1 is 1.35 bits per heavy atom. The van der Waals surface area contributed by atoms with Gasteiger partial charge in [0.05, 0.1) is 19.7 Å². The van der Waals surface area contributed by atoms with Crippen molar-refractivity contribution in [3.63, 3.8) is 0 Å². The van der Waals surface area contributed by atoms with E-state index in [4.69, 9.17) is 10.00 Å². The van der Waals surface area contributed by atoms with Crippen LogP contribution in [-0.4, -0.2) is 37.4 Å². The van der Waals surface area contributed by atoms with Gasteiger partial charge < -0.3 is 4.74 Å². The Hall–Kier alpha value is -1.86. The lowest BCUT2D eigenvalue weighted by molar-refractivity contribution is 0.0924. The first-order chi connectivity index (χ1) is 9.56. The summed E-state index contributed by atoms with van der Waals surface area (Å²) in [6, 6.07) is 9.26. The number of ether oxygens (including phenoxy) is 1. The Kier molecular flexibility index (Phi) is 6.75. The molecule has 4 nitrogen and oxygen atoms in total. The number of nitrogens with zero attached hydrogens (tertiary/aromatic N) is 2. The van der Waals surface area contributed by atoms with Crippen molar-refractivity contribution in [1.29, 1.82) is 5.26 Å². The fourth-order valence-corrected chi connectivity index (χ4v) is 2.03. The summed E-state index contributed by atoms with van der Waals surface area (Å²) < 4.78 is 5.08. The highest BCUT2D eigenvalue weighted by Gasteiger charge is 2.13. The summed E-state index contributed by atoms with van der Waals surface area (Å²) in [5, 5.41) is 8.68. The highest BCUT2D eigenvalue weighted by molar-refractivity contribution is 5.97. The van der Waals surface area contributed by atoms with E-state index in [-0.39, 0.29) is 5.78 Å². The zero-order valence-corrected chi connectivity index (χ0v) is 12.4. The first kappa shape index (κ1) is 16.2. The number of nitriles is 1. The van der Waals surface area contributed by atoms with Crippen molar-refractivity contribution in [1.82, 2.24) is 4.90 Å². The Bertz CT molecular complexity index is 460. The number of methoxy groups -OCH3 is 1. The molecule has 0 aromatic heterocycles. The zero-order chi connectivity index (χ0) is 15.0. The molecule has 0 atom stereocenters. The normalized spacial score (nSPS) is 10.6. The predicted molar refractivity (Wildman–Crippen MR) is 78.8 cm³/mol. The molecule has 20 heavy (non-hydrogen) atoms. The maximum Gasteiger partial charge on any atom is 0.176 e. The van der Waals surface area contributed by atoms with Crippen LogP contribution >= 0.6 is 0 Å². The highest BCUT2D eigenvalue weighted by atomic mass is 16.5. The molecule has 0 saturated carbocycles. The topological polar surface area (TPSA) is 53.3 Å². The number of rotatable bonds is 8. The summed E-state index contributed by atoms with van der Waals surface area (Å²) in [6.45, 7) is 6.03. The Morgan fingerprint density at radius 3 is 2.50 bits per heavy atom. The molecule has 0 radical (unpaired) electrons. The standard InChI is InChI=1S/C16H22N2O2/c1-13(2)11-18(10-4-9-17)12-16(19)14-5-7-15(20-3)8-6-14/h5-8,13H,4,10-12H2,1-3H3. The molecule has 1 aromatic rings. The van der Waals surface area contributed by atoms with Gasteiger partial charge in [0.25, 0.3) is 0 Å². The summed E-state index contributed by atoms with van der Waals surface area (Å²) in [4.78, 5) is 14.3. The average molecular weight is 274 g/mol.